The fourth-order valence-corrected chi connectivity index (χ4v) is 2.23. The van der Waals surface area contributed by atoms with Crippen LogP contribution >= 0.6 is 15.9 Å². The van der Waals surface area contributed by atoms with Crippen molar-refractivity contribution in [2.75, 3.05) is 0 Å². The molecule has 2 bridgehead atoms. The fraction of sp³-hybridized carbons (Fsp3) is 0.188. The van der Waals surface area contributed by atoms with E-state index in [2.05, 4.69) is 28.1 Å². The van der Waals surface area contributed by atoms with E-state index in [9.17, 15) is 4.79 Å². The number of Topliss-reactive ketones (excluding diaryl/α,β-unsaturated/α-hetero) is 1. The molecule has 2 nitrogen and oxygen atoms in total. The van der Waals surface area contributed by atoms with Crippen LogP contribution in [0.3, 0.4) is 0 Å². The molecule has 4 rings (SSSR count). The molecule has 0 fully saturated rings. The first-order valence-electron chi connectivity index (χ1n) is 6.20. The first-order valence-corrected chi connectivity index (χ1v) is 6.99. The quantitative estimate of drug-likeness (QED) is 0.755. The molecular weight excluding hydrogens is 304 g/mol. The van der Waals surface area contributed by atoms with Gasteiger partial charge in [-0.2, -0.15) is 0 Å². The number of rotatable bonds is 2. The molecule has 2 aliphatic heterocycles. The number of carbonyl (C=O) groups is 1. The number of benzene rings is 2. The van der Waals surface area contributed by atoms with Crippen LogP contribution in [0.15, 0.2) is 53.0 Å². The standard InChI is InChI=1S/C9H9BrO.C7H6O/c1-2-9(11)7-5-3-4-6-8(7)10;1-3-7-4-2-6(1)5-8-7/h3-6H,2H2,1H3;1-4H,5H2. The lowest BCUT2D eigenvalue weighted by Gasteiger charge is -2.11. The van der Waals surface area contributed by atoms with Crippen LogP contribution in [0.1, 0.15) is 29.3 Å². The summed E-state index contributed by atoms with van der Waals surface area (Å²) in [4.78, 5) is 11.2. The Morgan fingerprint density at radius 1 is 1.16 bits per heavy atom. The zero-order chi connectivity index (χ0) is 13.7. The van der Waals surface area contributed by atoms with E-state index in [1.165, 1.54) is 5.56 Å². The number of carbonyl (C=O) groups excluding carboxylic acids is 1. The third-order valence-corrected chi connectivity index (χ3v) is 3.52. The van der Waals surface area contributed by atoms with Gasteiger partial charge in [0.15, 0.2) is 5.78 Å². The SMILES string of the molecule is CCC(=O)c1ccccc1Br.c1cc2ccc1CO2. The Labute approximate surface area is 121 Å². The minimum Gasteiger partial charge on any atom is -0.489 e. The van der Waals surface area contributed by atoms with Gasteiger partial charge >= 0.3 is 0 Å². The van der Waals surface area contributed by atoms with Crippen molar-refractivity contribution in [3.63, 3.8) is 0 Å². The number of hydrogen-bond acceptors (Lipinski definition) is 2. The van der Waals surface area contributed by atoms with E-state index >= 15 is 0 Å². The van der Waals surface area contributed by atoms with Crippen molar-refractivity contribution >= 4 is 21.7 Å². The van der Waals surface area contributed by atoms with E-state index in [4.69, 9.17) is 4.74 Å². The van der Waals surface area contributed by atoms with Crippen molar-refractivity contribution in [3.05, 3.63) is 64.1 Å². The molecule has 0 aromatic heterocycles. The van der Waals surface area contributed by atoms with E-state index in [-0.39, 0.29) is 5.78 Å². The van der Waals surface area contributed by atoms with Crippen molar-refractivity contribution in [1.82, 2.24) is 0 Å². The number of fused-ring (bicyclic) bond motifs is 3. The molecule has 0 N–H and O–H groups in total. The average molecular weight is 319 g/mol. The molecule has 0 saturated carbocycles. The zero-order valence-electron chi connectivity index (χ0n) is 10.7. The Morgan fingerprint density at radius 3 is 2.21 bits per heavy atom. The van der Waals surface area contributed by atoms with Gasteiger partial charge in [-0.25, -0.2) is 0 Å². The van der Waals surface area contributed by atoms with Gasteiger partial charge in [-0.15, -0.1) is 0 Å². The monoisotopic (exact) mass is 318 g/mol. The first kappa shape index (κ1) is 13.8. The number of hydrogen-bond donors (Lipinski definition) is 0. The first-order chi connectivity index (χ1) is 9.20. The van der Waals surface area contributed by atoms with Gasteiger partial charge in [0, 0.05) is 16.5 Å². The molecule has 2 aliphatic rings. The fourth-order valence-electron chi connectivity index (χ4n) is 1.73. The predicted octanol–water partition coefficient (Wildman–Crippen LogP) is 4.62. The Balaban J connectivity index is 0.000000146. The normalized spacial score (nSPS) is 11.3. The molecular formula is C16H15BrO2. The van der Waals surface area contributed by atoms with Crippen molar-refractivity contribution in [1.29, 1.82) is 0 Å². The molecule has 3 heteroatoms. The van der Waals surface area contributed by atoms with E-state index in [0.717, 1.165) is 22.4 Å². The highest BCUT2D eigenvalue weighted by Crippen LogP contribution is 2.19. The second-order valence-electron chi connectivity index (χ2n) is 4.19. The van der Waals surface area contributed by atoms with Gasteiger partial charge in [0.1, 0.15) is 12.4 Å². The second-order valence-corrected chi connectivity index (χ2v) is 5.04. The number of ketones is 1. The van der Waals surface area contributed by atoms with Gasteiger partial charge in [0.2, 0.25) is 0 Å². The predicted molar refractivity (Wildman–Crippen MR) is 79.5 cm³/mol. The minimum atomic E-state index is 0.178. The van der Waals surface area contributed by atoms with Crippen LogP contribution in [0.4, 0.5) is 0 Å². The van der Waals surface area contributed by atoms with E-state index in [1.807, 2.05) is 43.3 Å². The summed E-state index contributed by atoms with van der Waals surface area (Å²) in [5, 5.41) is 0. The Hall–Kier alpha value is -1.61. The molecule has 0 unspecified atom stereocenters. The van der Waals surface area contributed by atoms with Crippen molar-refractivity contribution in [3.8, 4) is 5.75 Å². The van der Waals surface area contributed by atoms with E-state index < -0.39 is 0 Å². The lowest BCUT2D eigenvalue weighted by Crippen LogP contribution is -2.00. The molecule has 0 saturated heterocycles. The maximum absolute atomic E-state index is 11.2. The molecule has 0 aliphatic carbocycles. The maximum Gasteiger partial charge on any atom is 0.163 e. The number of halogens is 1. The van der Waals surface area contributed by atoms with E-state index in [1.54, 1.807) is 0 Å². The van der Waals surface area contributed by atoms with Crippen LogP contribution in [0, 0.1) is 0 Å². The highest BCUT2D eigenvalue weighted by atomic mass is 79.9. The highest BCUT2D eigenvalue weighted by molar-refractivity contribution is 9.10. The van der Waals surface area contributed by atoms with E-state index in [0.29, 0.717) is 6.42 Å². The van der Waals surface area contributed by atoms with Gasteiger partial charge in [0.25, 0.3) is 0 Å². The summed E-state index contributed by atoms with van der Waals surface area (Å²) in [7, 11) is 0. The van der Waals surface area contributed by atoms with Crippen LogP contribution in [-0.4, -0.2) is 5.78 Å². The minimum absolute atomic E-state index is 0.178. The van der Waals surface area contributed by atoms with Gasteiger partial charge in [-0.1, -0.05) is 53.2 Å². The smallest absolute Gasteiger partial charge is 0.163 e. The largest absolute Gasteiger partial charge is 0.489 e. The molecule has 2 heterocycles. The van der Waals surface area contributed by atoms with Crippen molar-refractivity contribution < 1.29 is 9.53 Å². The summed E-state index contributed by atoms with van der Waals surface area (Å²) >= 11 is 3.32. The van der Waals surface area contributed by atoms with Gasteiger partial charge in [-0.05, 0) is 23.8 Å². The summed E-state index contributed by atoms with van der Waals surface area (Å²) in [5.41, 5.74) is 2.04. The maximum atomic E-state index is 11.2. The third kappa shape index (κ3) is 3.67. The van der Waals surface area contributed by atoms with Crippen LogP contribution in [0.2, 0.25) is 0 Å². The Bertz CT molecular complexity index is 538. The van der Waals surface area contributed by atoms with Crippen LogP contribution in [0.5, 0.6) is 5.75 Å². The molecule has 98 valence electrons. The molecule has 0 amide bonds. The lowest BCUT2D eigenvalue weighted by atomic mass is 10.1. The lowest BCUT2D eigenvalue weighted by molar-refractivity contribution is 0.0987. The molecule has 19 heavy (non-hydrogen) atoms. The third-order valence-electron chi connectivity index (χ3n) is 2.82. The van der Waals surface area contributed by atoms with Crippen molar-refractivity contribution in [2.24, 2.45) is 0 Å². The summed E-state index contributed by atoms with van der Waals surface area (Å²) < 4.78 is 6.06. The van der Waals surface area contributed by atoms with Crippen LogP contribution in [-0.2, 0) is 6.61 Å². The van der Waals surface area contributed by atoms with Gasteiger partial charge in [0.05, 0.1) is 0 Å². The zero-order valence-corrected chi connectivity index (χ0v) is 12.3. The van der Waals surface area contributed by atoms with Gasteiger partial charge in [-0.3, -0.25) is 4.79 Å². The summed E-state index contributed by atoms with van der Waals surface area (Å²) in [6.45, 7) is 2.63. The summed E-state index contributed by atoms with van der Waals surface area (Å²) in [6, 6.07) is 15.6. The average Bonchev–Trinajstić information content (AvgIpc) is 2.50. The highest BCUT2D eigenvalue weighted by Gasteiger charge is 2.05. The number of ether oxygens (including phenoxy) is 1. The van der Waals surface area contributed by atoms with Crippen molar-refractivity contribution in [2.45, 2.75) is 20.0 Å². The Morgan fingerprint density at radius 2 is 1.84 bits per heavy atom. The molecule has 0 atom stereocenters. The molecule has 0 radical (unpaired) electrons. The van der Waals surface area contributed by atoms with Gasteiger partial charge < -0.3 is 4.74 Å². The summed E-state index contributed by atoms with van der Waals surface area (Å²) in [6.07, 6.45) is 0.558. The Kier molecular flexibility index (Phi) is 4.74. The van der Waals surface area contributed by atoms with Crippen LogP contribution in [0.25, 0.3) is 0 Å². The second kappa shape index (κ2) is 6.53. The molecule has 2 aromatic rings. The summed E-state index contributed by atoms with van der Waals surface area (Å²) in [5.74, 6) is 1.16. The molecule has 2 aromatic carbocycles. The van der Waals surface area contributed by atoms with Crippen LogP contribution < -0.4 is 4.74 Å². The topological polar surface area (TPSA) is 26.3 Å². The molecule has 0 spiro atoms.